The van der Waals surface area contributed by atoms with Gasteiger partial charge in [-0.3, -0.25) is 4.79 Å². The molecular weight excluding hydrogens is 473 g/mol. The largest absolute Gasteiger partial charge is 0.496 e. The molecule has 7 nitrogen and oxygen atoms in total. The minimum absolute atomic E-state index is 0.0896. The summed E-state index contributed by atoms with van der Waals surface area (Å²) in [5, 5.41) is 0. The van der Waals surface area contributed by atoms with E-state index in [0.29, 0.717) is 17.1 Å². The number of carbonyl (C=O) groups is 1. The normalized spacial score (nSPS) is 11.1. The van der Waals surface area contributed by atoms with Crippen molar-refractivity contribution < 1.29 is 30.9 Å². The summed E-state index contributed by atoms with van der Waals surface area (Å²) in [7, 11) is -2.61. The average Bonchev–Trinajstić information content (AvgIpc) is 3.37. The van der Waals surface area contributed by atoms with E-state index in [-0.39, 0.29) is 29.6 Å². The fraction of sp³-hybridized carbons (Fsp3) is 0.115. The highest BCUT2D eigenvalue weighted by Crippen LogP contribution is 2.24. The highest BCUT2D eigenvalue weighted by Gasteiger charge is 2.21. The second kappa shape index (κ2) is 10.4. The molecule has 0 saturated carbocycles. The monoisotopic (exact) mass is 495 g/mol. The highest BCUT2D eigenvalue weighted by atomic mass is 32.2. The minimum Gasteiger partial charge on any atom is -0.496 e. The Morgan fingerprint density at radius 3 is 2.29 bits per heavy atom. The molecule has 0 N–H and O–H groups in total. The lowest BCUT2D eigenvalue weighted by Crippen LogP contribution is -2.30. The quantitative estimate of drug-likeness (QED) is 0.303. The summed E-state index contributed by atoms with van der Waals surface area (Å²) >= 11 is 0. The molecule has 0 unspecified atom stereocenters. The topological polar surface area (TPSA) is 86.0 Å². The number of carbonyl (C=O) groups excluding carboxylic acids is 1. The first-order chi connectivity index (χ1) is 16.9. The van der Waals surface area contributed by atoms with Crippen LogP contribution in [0.15, 0.2) is 101 Å². The Hall–Kier alpha value is -4.11. The molecule has 1 amide bonds. The Labute approximate surface area is 202 Å². The minimum atomic E-state index is -4.11. The summed E-state index contributed by atoms with van der Waals surface area (Å²) in [6.07, 6.45) is 1.54. The molecule has 0 bridgehead atoms. The van der Waals surface area contributed by atoms with Crippen LogP contribution in [0.2, 0.25) is 0 Å². The van der Waals surface area contributed by atoms with Gasteiger partial charge in [0.1, 0.15) is 28.0 Å². The van der Waals surface area contributed by atoms with E-state index in [9.17, 15) is 17.6 Å². The molecule has 4 aromatic rings. The van der Waals surface area contributed by atoms with E-state index >= 15 is 0 Å². The lowest BCUT2D eigenvalue weighted by Gasteiger charge is -2.23. The first-order valence-corrected chi connectivity index (χ1v) is 12.0. The lowest BCUT2D eigenvalue weighted by atomic mass is 10.1. The predicted molar refractivity (Wildman–Crippen MR) is 126 cm³/mol. The third-order valence-corrected chi connectivity index (χ3v) is 6.42. The van der Waals surface area contributed by atoms with Gasteiger partial charge in [-0.05, 0) is 66.2 Å². The number of halogens is 1. The van der Waals surface area contributed by atoms with E-state index in [1.807, 2.05) is 0 Å². The third-order valence-electron chi connectivity index (χ3n) is 5.16. The van der Waals surface area contributed by atoms with Crippen LogP contribution >= 0.6 is 0 Å². The summed E-state index contributed by atoms with van der Waals surface area (Å²) in [5.41, 5.74) is 1.15. The van der Waals surface area contributed by atoms with Crippen LogP contribution in [0, 0.1) is 5.82 Å². The molecule has 0 aliphatic rings. The Morgan fingerprint density at radius 2 is 1.63 bits per heavy atom. The molecular formula is C26H22FNO6S. The smallest absolute Gasteiger partial charge is 0.339 e. The van der Waals surface area contributed by atoms with Gasteiger partial charge in [0, 0.05) is 6.54 Å². The Morgan fingerprint density at radius 1 is 0.914 bits per heavy atom. The summed E-state index contributed by atoms with van der Waals surface area (Å²) in [4.78, 5) is 14.8. The molecule has 4 rings (SSSR count). The van der Waals surface area contributed by atoms with Gasteiger partial charge in [-0.1, -0.05) is 24.3 Å². The van der Waals surface area contributed by atoms with Crippen LogP contribution in [0.4, 0.5) is 4.39 Å². The van der Waals surface area contributed by atoms with Crippen molar-refractivity contribution in [1.82, 2.24) is 4.90 Å². The number of para-hydroxylation sites is 1. The molecule has 0 saturated heterocycles. The number of hydrogen-bond acceptors (Lipinski definition) is 6. The number of nitrogens with zero attached hydrogens (tertiary/aromatic N) is 1. The molecule has 1 aromatic heterocycles. The number of methoxy groups -OCH3 is 1. The van der Waals surface area contributed by atoms with E-state index in [2.05, 4.69) is 0 Å². The van der Waals surface area contributed by atoms with Crippen molar-refractivity contribution in [2.75, 3.05) is 7.11 Å². The zero-order valence-electron chi connectivity index (χ0n) is 18.8. The average molecular weight is 496 g/mol. The molecule has 0 atom stereocenters. The molecule has 0 aliphatic heterocycles. The number of hydrogen-bond donors (Lipinski definition) is 0. The highest BCUT2D eigenvalue weighted by molar-refractivity contribution is 7.87. The van der Waals surface area contributed by atoms with Crippen LogP contribution in [-0.4, -0.2) is 26.3 Å². The maximum Gasteiger partial charge on any atom is 0.339 e. The Kier molecular flexibility index (Phi) is 7.17. The van der Waals surface area contributed by atoms with Crippen molar-refractivity contribution in [2.24, 2.45) is 0 Å². The maximum absolute atomic E-state index is 13.4. The van der Waals surface area contributed by atoms with Gasteiger partial charge in [0.05, 0.1) is 25.5 Å². The van der Waals surface area contributed by atoms with Gasteiger partial charge in [0.2, 0.25) is 0 Å². The summed E-state index contributed by atoms with van der Waals surface area (Å²) < 4.78 is 53.9. The van der Waals surface area contributed by atoms with Gasteiger partial charge >= 0.3 is 10.1 Å². The van der Waals surface area contributed by atoms with Crippen molar-refractivity contribution in [3.8, 4) is 11.5 Å². The second-order valence-electron chi connectivity index (χ2n) is 7.58. The van der Waals surface area contributed by atoms with Crippen LogP contribution in [0.1, 0.15) is 21.7 Å². The van der Waals surface area contributed by atoms with Crippen LogP contribution in [0.3, 0.4) is 0 Å². The summed E-state index contributed by atoms with van der Waals surface area (Å²) in [6, 6.07) is 21.2. The van der Waals surface area contributed by atoms with E-state index in [1.54, 1.807) is 53.4 Å². The molecule has 0 radical (unpaired) electrons. The van der Waals surface area contributed by atoms with Gasteiger partial charge in [-0.15, -0.1) is 0 Å². The van der Waals surface area contributed by atoms with Crippen LogP contribution in [-0.2, 0) is 23.2 Å². The number of benzene rings is 3. The van der Waals surface area contributed by atoms with Crippen molar-refractivity contribution >= 4 is 16.0 Å². The fourth-order valence-electron chi connectivity index (χ4n) is 3.43. The molecule has 180 valence electrons. The van der Waals surface area contributed by atoms with E-state index < -0.39 is 15.9 Å². The van der Waals surface area contributed by atoms with E-state index in [4.69, 9.17) is 13.3 Å². The molecule has 35 heavy (non-hydrogen) atoms. The van der Waals surface area contributed by atoms with Crippen LogP contribution < -0.4 is 8.92 Å². The second-order valence-corrected chi connectivity index (χ2v) is 9.12. The molecule has 0 aliphatic carbocycles. The van der Waals surface area contributed by atoms with Gasteiger partial charge in [0.15, 0.2) is 0 Å². The van der Waals surface area contributed by atoms with Gasteiger partial charge in [-0.2, -0.15) is 8.42 Å². The Balaban J connectivity index is 1.53. The van der Waals surface area contributed by atoms with Crippen molar-refractivity contribution in [3.63, 3.8) is 0 Å². The zero-order valence-corrected chi connectivity index (χ0v) is 19.6. The summed E-state index contributed by atoms with van der Waals surface area (Å²) in [6.45, 7) is 0.448. The number of rotatable bonds is 9. The molecule has 0 spiro atoms. The van der Waals surface area contributed by atoms with Gasteiger partial charge in [-0.25, -0.2) is 4.39 Å². The van der Waals surface area contributed by atoms with Crippen molar-refractivity contribution in [1.29, 1.82) is 0 Å². The third kappa shape index (κ3) is 5.88. The van der Waals surface area contributed by atoms with E-state index in [0.717, 1.165) is 29.8 Å². The van der Waals surface area contributed by atoms with Gasteiger partial charge < -0.3 is 18.2 Å². The van der Waals surface area contributed by atoms with Gasteiger partial charge in [0.25, 0.3) is 5.91 Å². The summed E-state index contributed by atoms with van der Waals surface area (Å²) in [5.74, 6) is 0.357. The molecule has 0 fully saturated rings. The van der Waals surface area contributed by atoms with E-state index in [1.165, 1.54) is 25.5 Å². The number of ether oxygens (including phenoxy) is 1. The Bertz CT molecular complexity index is 1380. The predicted octanol–water partition coefficient (Wildman–Crippen LogP) is 5.04. The maximum atomic E-state index is 13.4. The zero-order chi connectivity index (χ0) is 24.8. The first kappa shape index (κ1) is 24.0. The number of amides is 1. The molecule has 9 heteroatoms. The van der Waals surface area contributed by atoms with Crippen LogP contribution in [0.25, 0.3) is 0 Å². The van der Waals surface area contributed by atoms with Crippen molar-refractivity contribution in [3.05, 3.63) is 114 Å². The number of furan rings is 1. The van der Waals surface area contributed by atoms with Crippen LogP contribution in [0.5, 0.6) is 11.5 Å². The van der Waals surface area contributed by atoms with Crippen molar-refractivity contribution in [2.45, 2.75) is 18.0 Å². The molecule has 1 heterocycles. The fourth-order valence-corrected chi connectivity index (χ4v) is 4.36. The first-order valence-electron chi connectivity index (χ1n) is 10.6. The SMILES string of the molecule is COc1ccccc1C(=O)N(Cc1ccc(OS(=O)(=O)c2ccc(F)cc2)cc1)Cc1ccco1. The standard InChI is InChI=1S/C26H22FNO6S/c1-32-25-7-3-2-6-24(25)26(29)28(18-22-5-4-16-33-22)17-19-8-12-21(13-9-19)34-35(30,31)23-14-10-20(27)11-15-23/h2-16H,17-18H2,1H3. The molecule has 3 aromatic carbocycles. The lowest BCUT2D eigenvalue weighted by molar-refractivity contribution is 0.0714.